The third-order valence-corrected chi connectivity index (χ3v) is 3.62. The molecule has 1 atom stereocenters. The summed E-state index contributed by atoms with van der Waals surface area (Å²) in [5.41, 5.74) is 5.74. The Balaban J connectivity index is 2.29. The lowest BCUT2D eigenvalue weighted by atomic mass is 9.86. The fourth-order valence-corrected chi connectivity index (χ4v) is 2.01. The monoisotopic (exact) mass is 241 g/mol. The predicted octanol–water partition coefficient (Wildman–Crippen LogP) is 0.818. The highest BCUT2D eigenvalue weighted by molar-refractivity contribution is 5.82. The molecular weight excluding hydrogens is 214 g/mol. The van der Waals surface area contributed by atoms with Gasteiger partial charge in [0.25, 0.3) is 0 Å². The average Bonchev–Trinajstić information content (AvgIpc) is 2.25. The second-order valence-corrected chi connectivity index (χ2v) is 6.34. The van der Waals surface area contributed by atoms with Crippen LogP contribution in [0.2, 0.25) is 0 Å². The van der Waals surface area contributed by atoms with E-state index in [1.54, 1.807) is 0 Å². The lowest BCUT2D eigenvalue weighted by molar-refractivity contribution is -0.124. The number of hydrogen-bond donors (Lipinski definition) is 2. The van der Waals surface area contributed by atoms with Crippen LogP contribution in [0.15, 0.2) is 0 Å². The van der Waals surface area contributed by atoms with E-state index in [0.29, 0.717) is 5.92 Å². The minimum absolute atomic E-state index is 0.0172. The molecule has 1 aliphatic rings. The van der Waals surface area contributed by atoms with E-state index in [-0.39, 0.29) is 11.3 Å². The molecule has 1 rings (SSSR count). The van der Waals surface area contributed by atoms with E-state index in [0.717, 1.165) is 19.6 Å². The summed E-state index contributed by atoms with van der Waals surface area (Å²) < 4.78 is 0. The maximum Gasteiger partial charge on any atom is 0.237 e. The molecule has 0 spiro atoms. The summed E-state index contributed by atoms with van der Waals surface area (Å²) in [6.07, 6.45) is 2.34. The standard InChI is InChI=1S/C13H27N3O/c1-13(2,3)11(14)12(17)15-9-10-5-7-16(4)8-6-10/h10-11H,5-9,14H2,1-4H3,(H,15,17). The molecular formula is C13H27N3O. The number of rotatable bonds is 3. The molecule has 1 fully saturated rings. The van der Waals surface area contributed by atoms with Crippen molar-refractivity contribution < 1.29 is 4.79 Å². The van der Waals surface area contributed by atoms with E-state index < -0.39 is 6.04 Å². The van der Waals surface area contributed by atoms with E-state index >= 15 is 0 Å². The van der Waals surface area contributed by atoms with Crippen molar-refractivity contribution in [1.29, 1.82) is 0 Å². The van der Waals surface area contributed by atoms with E-state index in [9.17, 15) is 4.79 Å². The van der Waals surface area contributed by atoms with Crippen molar-refractivity contribution in [3.05, 3.63) is 0 Å². The largest absolute Gasteiger partial charge is 0.354 e. The molecule has 4 heteroatoms. The van der Waals surface area contributed by atoms with E-state index in [2.05, 4.69) is 17.3 Å². The maximum atomic E-state index is 11.9. The molecule has 0 aromatic carbocycles. The average molecular weight is 241 g/mol. The normalized spacial score (nSPS) is 21.2. The SMILES string of the molecule is CN1CCC(CNC(=O)C(N)C(C)(C)C)CC1. The van der Waals surface area contributed by atoms with Crippen LogP contribution in [0.4, 0.5) is 0 Å². The summed E-state index contributed by atoms with van der Waals surface area (Å²) >= 11 is 0. The van der Waals surface area contributed by atoms with Gasteiger partial charge in [-0.05, 0) is 44.3 Å². The number of carbonyl (C=O) groups is 1. The van der Waals surface area contributed by atoms with Crippen LogP contribution in [0.25, 0.3) is 0 Å². The van der Waals surface area contributed by atoms with Crippen molar-refractivity contribution in [2.24, 2.45) is 17.1 Å². The van der Waals surface area contributed by atoms with Crippen LogP contribution in [0.1, 0.15) is 33.6 Å². The molecule has 17 heavy (non-hydrogen) atoms. The van der Waals surface area contributed by atoms with Gasteiger partial charge in [-0.15, -0.1) is 0 Å². The number of piperidine rings is 1. The first-order valence-electron chi connectivity index (χ1n) is 6.52. The van der Waals surface area contributed by atoms with Crippen LogP contribution in [0.5, 0.6) is 0 Å². The molecule has 4 nitrogen and oxygen atoms in total. The van der Waals surface area contributed by atoms with Gasteiger partial charge in [0.1, 0.15) is 0 Å². The van der Waals surface area contributed by atoms with Gasteiger partial charge in [0.2, 0.25) is 5.91 Å². The van der Waals surface area contributed by atoms with Gasteiger partial charge >= 0.3 is 0 Å². The van der Waals surface area contributed by atoms with Gasteiger partial charge < -0.3 is 16.0 Å². The molecule has 0 saturated carbocycles. The van der Waals surface area contributed by atoms with E-state index in [1.807, 2.05) is 20.8 Å². The Labute approximate surface area is 105 Å². The highest BCUT2D eigenvalue weighted by Gasteiger charge is 2.27. The number of likely N-dealkylation sites (tertiary alicyclic amines) is 1. The van der Waals surface area contributed by atoms with Crippen molar-refractivity contribution in [2.75, 3.05) is 26.7 Å². The van der Waals surface area contributed by atoms with E-state index in [4.69, 9.17) is 5.73 Å². The highest BCUT2D eigenvalue weighted by Crippen LogP contribution is 2.18. The zero-order chi connectivity index (χ0) is 13.1. The summed E-state index contributed by atoms with van der Waals surface area (Å²) in [7, 11) is 2.14. The Morgan fingerprint density at radius 1 is 1.41 bits per heavy atom. The zero-order valence-electron chi connectivity index (χ0n) is 11.6. The van der Waals surface area contributed by atoms with Crippen LogP contribution in [-0.4, -0.2) is 43.5 Å². The van der Waals surface area contributed by atoms with Crippen molar-refractivity contribution in [3.8, 4) is 0 Å². The first kappa shape index (κ1) is 14.5. The van der Waals surface area contributed by atoms with Crippen LogP contribution < -0.4 is 11.1 Å². The lowest BCUT2D eigenvalue weighted by Crippen LogP contribution is -2.50. The van der Waals surface area contributed by atoms with Crippen LogP contribution in [0.3, 0.4) is 0 Å². The number of amides is 1. The summed E-state index contributed by atoms with van der Waals surface area (Å²) in [5.74, 6) is 0.596. The molecule has 1 aliphatic heterocycles. The van der Waals surface area contributed by atoms with Crippen LogP contribution in [0, 0.1) is 11.3 Å². The van der Waals surface area contributed by atoms with Gasteiger partial charge in [-0.2, -0.15) is 0 Å². The molecule has 0 aromatic heterocycles. The van der Waals surface area contributed by atoms with Gasteiger partial charge in [-0.25, -0.2) is 0 Å². The fourth-order valence-electron chi connectivity index (χ4n) is 2.01. The Morgan fingerprint density at radius 3 is 2.41 bits per heavy atom. The predicted molar refractivity (Wildman–Crippen MR) is 70.7 cm³/mol. The van der Waals surface area contributed by atoms with Crippen molar-refractivity contribution in [2.45, 2.75) is 39.7 Å². The first-order chi connectivity index (χ1) is 7.80. The van der Waals surface area contributed by atoms with Crippen molar-refractivity contribution in [1.82, 2.24) is 10.2 Å². The van der Waals surface area contributed by atoms with Crippen LogP contribution in [-0.2, 0) is 4.79 Å². The molecule has 0 radical (unpaired) electrons. The van der Waals surface area contributed by atoms with Crippen molar-refractivity contribution >= 4 is 5.91 Å². The Hall–Kier alpha value is -0.610. The Kier molecular flexibility index (Phi) is 4.95. The fraction of sp³-hybridized carbons (Fsp3) is 0.923. The summed E-state index contributed by atoms with van der Waals surface area (Å²) in [6, 6.07) is -0.422. The number of hydrogen-bond acceptors (Lipinski definition) is 3. The number of nitrogens with two attached hydrogens (primary N) is 1. The first-order valence-corrected chi connectivity index (χ1v) is 6.52. The Morgan fingerprint density at radius 2 is 1.94 bits per heavy atom. The number of nitrogens with one attached hydrogen (secondary N) is 1. The third kappa shape index (κ3) is 4.64. The van der Waals surface area contributed by atoms with Crippen molar-refractivity contribution in [3.63, 3.8) is 0 Å². The molecule has 0 bridgehead atoms. The van der Waals surface area contributed by atoms with Gasteiger partial charge in [-0.3, -0.25) is 4.79 Å². The lowest BCUT2D eigenvalue weighted by Gasteiger charge is -2.30. The van der Waals surface area contributed by atoms with Gasteiger partial charge in [0, 0.05) is 6.54 Å². The number of carbonyl (C=O) groups excluding carboxylic acids is 1. The van der Waals surface area contributed by atoms with Gasteiger partial charge in [0.15, 0.2) is 0 Å². The Bertz CT molecular complexity index is 252. The minimum atomic E-state index is -0.422. The van der Waals surface area contributed by atoms with Gasteiger partial charge in [0.05, 0.1) is 6.04 Å². The number of nitrogens with zero attached hydrogens (tertiary/aromatic N) is 1. The summed E-state index contributed by atoms with van der Waals surface area (Å²) in [6.45, 7) is 9.01. The highest BCUT2D eigenvalue weighted by atomic mass is 16.2. The molecule has 1 saturated heterocycles. The molecule has 3 N–H and O–H groups in total. The summed E-state index contributed by atoms with van der Waals surface area (Å²) in [5, 5.41) is 2.99. The molecule has 1 amide bonds. The molecule has 0 aliphatic carbocycles. The second kappa shape index (κ2) is 5.83. The zero-order valence-corrected chi connectivity index (χ0v) is 11.6. The van der Waals surface area contributed by atoms with E-state index in [1.165, 1.54) is 12.8 Å². The molecule has 0 aromatic rings. The van der Waals surface area contributed by atoms with Crippen LogP contribution >= 0.6 is 0 Å². The smallest absolute Gasteiger partial charge is 0.237 e. The third-order valence-electron chi connectivity index (χ3n) is 3.62. The topological polar surface area (TPSA) is 58.4 Å². The second-order valence-electron chi connectivity index (χ2n) is 6.34. The molecule has 1 heterocycles. The molecule has 100 valence electrons. The molecule has 1 unspecified atom stereocenters. The minimum Gasteiger partial charge on any atom is -0.354 e. The summed E-state index contributed by atoms with van der Waals surface area (Å²) in [4.78, 5) is 14.2. The van der Waals surface area contributed by atoms with Gasteiger partial charge in [-0.1, -0.05) is 20.8 Å². The quantitative estimate of drug-likeness (QED) is 0.769. The maximum absolute atomic E-state index is 11.9.